The summed E-state index contributed by atoms with van der Waals surface area (Å²) in [7, 11) is 0. The van der Waals surface area contributed by atoms with E-state index in [-0.39, 0.29) is 12.0 Å². The molecule has 0 aliphatic carbocycles. The van der Waals surface area contributed by atoms with Gasteiger partial charge in [-0.2, -0.15) is 0 Å². The highest BCUT2D eigenvalue weighted by Gasteiger charge is 2.37. The molecule has 3 rings (SSSR count). The second-order valence-electron chi connectivity index (χ2n) is 6.14. The molecule has 3 atom stereocenters. The number of carbonyl (C=O) groups excluding carboxylic acids is 1. The predicted molar refractivity (Wildman–Crippen MR) is 75.6 cm³/mol. The number of amides is 1. The molecule has 0 aromatic carbocycles. The fourth-order valence-corrected chi connectivity index (χ4v) is 3.67. The summed E-state index contributed by atoms with van der Waals surface area (Å²) in [5, 5.41) is 3.43. The number of ether oxygens (including phenoxy) is 2. The van der Waals surface area contributed by atoms with Gasteiger partial charge in [0.2, 0.25) is 5.91 Å². The van der Waals surface area contributed by atoms with Crippen LogP contribution in [0, 0.1) is 0 Å². The van der Waals surface area contributed by atoms with E-state index in [0.717, 1.165) is 45.4 Å². The van der Waals surface area contributed by atoms with Crippen LogP contribution >= 0.6 is 0 Å². The molecule has 20 heavy (non-hydrogen) atoms. The fraction of sp³-hybridized carbons (Fsp3) is 0.933. The van der Waals surface area contributed by atoms with Crippen molar-refractivity contribution in [1.29, 1.82) is 0 Å². The molecule has 5 heteroatoms. The van der Waals surface area contributed by atoms with Gasteiger partial charge in [0.05, 0.1) is 25.7 Å². The third-order valence-electron chi connectivity index (χ3n) is 4.73. The zero-order valence-electron chi connectivity index (χ0n) is 12.2. The Balaban J connectivity index is 1.39. The van der Waals surface area contributed by atoms with Crippen LogP contribution in [0.1, 0.15) is 38.5 Å². The van der Waals surface area contributed by atoms with Gasteiger partial charge in [-0.1, -0.05) is 0 Å². The van der Waals surface area contributed by atoms with Crippen molar-refractivity contribution in [2.75, 3.05) is 32.9 Å². The van der Waals surface area contributed by atoms with Crippen molar-refractivity contribution in [1.82, 2.24) is 10.2 Å². The molecule has 1 amide bonds. The zero-order chi connectivity index (χ0) is 13.8. The molecule has 114 valence electrons. The molecule has 3 saturated heterocycles. The minimum absolute atomic E-state index is 0.253. The minimum Gasteiger partial charge on any atom is -0.378 e. The van der Waals surface area contributed by atoms with Crippen molar-refractivity contribution in [2.45, 2.75) is 56.7 Å². The molecular formula is C15H26N2O3. The van der Waals surface area contributed by atoms with E-state index in [1.165, 1.54) is 6.42 Å². The van der Waals surface area contributed by atoms with Gasteiger partial charge in [-0.25, -0.2) is 0 Å². The topological polar surface area (TPSA) is 50.8 Å². The highest BCUT2D eigenvalue weighted by molar-refractivity contribution is 5.77. The van der Waals surface area contributed by atoms with Gasteiger partial charge in [-0.05, 0) is 38.6 Å². The molecule has 3 aliphatic heterocycles. The van der Waals surface area contributed by atoms with Crippen molar-refractivity contribution in [3.63, 3.8) is 0 Å². The largest absolute Gasteiger partial charge is 0.378 e. The Hall–Kier alpha value is -0.650. The van der Waals surface area contributed by atoms with Crippen LogP contribution in [0.3, 0.4) is 0 Å². The molecule has 3 aliphatic rings. The van der Waals surface area contributed by atoms with Crippen molar-refractivity contribution in [3.05, 3.63) is 0 Å². The van der Waals surface area contributed by atoms with Crippen molar-refractivity contribution in [3.8, 4) is 0 Å². The Labute approximate surface area is 121 Å². The number of rotatable bonds is 5. The van der Waals surface area contributed by atoms with Gasteiger partial charge in [0.25, 0.3) is 0 Å². The van der Waals surface area contributed by atoms with Crippen LogP contribution in [0.2, 0.25) is 0 Å². The number of fused-ring (bicyclic) bond motifs is 2. The maximum Gasteiger partial charge on any atom is 0.225 e. The summed E-state index contributed by atoms with van der Waals surface area (Å²) in [6.45, 7) is 4.03. The second-order valence-corrected chi connectivity index (χ2v) is 6.14. The first-order chi connectivity index (χ1) is 9.84. The number of carbonyl (C=O) groups is 1. The molecular weight excluding hydrogens is 256 g/mol. The smallest absolute Gasteiger partial charge is 0.225 e. The van der Waals surface area contributed by atoms with Crippen LogP contribution in [0.15, 0.2) is 0 Å². The first-order valence-electron chi connectivity index (χ1n) is 8.06. The summed E-state index contributed by atoms with van der Waals surface area (Å²) in [6, 6.07) is 0.869. The zero-order valence-corrected chi connectivity index (χ0v) is 12.2. The summed E-state index contributed by atoms with van der Waals surface area (Å²) in [4.78, 5) is 14.5. The number of nitrogens with zero attached hydrogens (tertiary/aromatic N) is 1. The molecule has 0 spiro atoms. The SMILES string of the molecule is O=C(CCOCC1CCCO1)N1C2CCNCC1CC2. The molecule has 3 heterocycles. The maximum absolute atomic E-state index is 12.4. The molecule has 3 fully saturated rings. The van der Waals surface area contributed by atoms with Gasteiger partial charge < -0.3 is 19.7 Å². The lowest BCUT2D eigenvalue weighted by molar-refractivity contribution is -0.135. The Morgan fingerprint density at radius 2 is 2.15 bits per heavy atom. The quantitative estimate of drug-likeness (QED) is 0.762. The van der Waals surface area contributed by atoms with Gasteiger partial charge in [0, 0.05) is 25.2 Å². The lowest BCUT2D eigenvalue weighted by atomic mass is 10.1. The van der Waals surface area contributed by atoms with Crippen molar-refractivity contribution < 1.29 is 14.3 Å². The van der Waals surface area contributed by atoms with E-state index < -0.39 is 0 Å². The third kappa shape index (κ3) is 3.32. The number of hydrogen-bond acceptors (Lipinski definition) is 4. The molecule has 0 radical (unpaired) electrons. The average Bonchev–Trinajstić information content (AvgIpc) is 3.01. The van der Waals surface area contributed by atoms with Crippen LogP contribution in [0.25, 0.3) is 0 Å². The maximum atomic E-state index is 12.4. The van der Waals surface area contributed by atoms with Crippen LogP contribution in [-0.4, -0.2) is 61.9 Å². The minimum atomic E-state index is 0.253. The lowest BCUT2D eigenvalue weighted by Gasteiger charge is -2.28. The van der Waals surface area contributed by atoms with E-state index in [0.29, 0.717) is 31.7 Å². The van der Waals surface area contributed by atoms with E-state index in [4.69, 9.17) is 9.47 Å². The average molecular weight is 282 g/mol. The molecule has 2 bridgehead atoms. The predicted octanol–water partition coefficient (Wildman–Crippen LogP) is 0.925. The summed E-state index contributed by atoms with van der Waals surface area (Å²) in [5.41, 5.74) is 0. The third-order valence-corrected chi connectivity index (χ3v) is 4.73. The van der Waals surface area contributed by atoms with E-state index in [1.54, 1.807) is 0 Å². The number of nitrogens with one attached hydrogen (secondary N) is 1. The van der Waals surface area contributed by atoms with Crippen LogP contribution < -0.4 is 5.32 Å². The summed E-state index contributed by atoms with van der Waals surface area (Å²) >= 11 is 0. The Morgan fingerprint density at radius 3 is 3.00 bits per heavy atom. The molecule has 0 saturated carbocycles. The van der Waals surface area contributed by atoms with Gasteiger partial charge in [-0.3, -0.25) is 4.79 Å². The normalized spacial score (nSPS) is 33.4. The fourth-order valence-electron chi connectivity index (χ4n) is 3.67. The summed E-state index contributed by atoms with van der Waals surface area (Å²) in [6.07, 6.45) is 6.42. The molecule has 0 aromatic heterocycles. The Kier molecular flexibility index (Phi) is 4.91. The molecule has 0 aromatic rings. The van der Waals surface area contributed by atoms with E-state index in [9.17, 15) is 4.79 Å². The first-order valence-corrected chi connectivity index (χ1v) is 8.06. The second kappa shape index (κ2) is 6.87. The van der Waals surface area contributed by atoms with E-state index in [1.807, 2.05) is 0 Å². The van der Waals surface area contributed by atoms with E-state index >= 15 is 0 Å². The summed E-state index contributed by atoms with van der Waals surface area (Å²) < 4.78 is 11.1. The van der Waals surface area contributed by atoms with Crippen LogP contribution in [0.4, 0.5) is 0 Å². The van der Waals surface area contributed by atoms with Crippen molar-refractivity contribution in [2.24, 2.45) is 0 Å². The van der Waals surface area contributed by atoms with E-state index in [2.05, 4.69) is 10.2 Å². The Bertz CT molecular complexity index is 317. The Morgan fingerprint density at radius 1 is 1.25 bits per heavy atom. The molecule has 1 N–H and O–H groups in total. The monoisotopic (exact) mass is 282 g/mol. The van der Waals surface area contributed by atoms with Gasteiger partial charge in [0.1, 0.15) is 0 Å². The van der Waals surface area contributed by atoms with Gasteiger partial charge >= 0.3 is 0 Å². The standard InChI is InChI=1S/C15H26N2O3/c18-15(6-9-19-11-14-2-1-8-20-14)17-12-3-4-13(17)10-16-7-5-12/h12-14,16H,1-11H2. The van der Waals surface area contributed by atoms with Crippen LogP contribution in [-0.2, 0) is 14.3 Å². The van der Waals surface area contributed by atoms with Crippen LogP contribution in [0.5, 0.6) is 0 Å². The number of hydrogen-bond donors (Lipinski definition) is 1. The molecule has 3 unspecified atom stereocenters. The van der Waals surface area contributed by atoms with Crippen molar-refractivity contribution >= 4 is 5.91 Å². The molecule has 5 nitrogen and oxygen atoms in total. The highest BCUT2D eigenvalue weighted by atomic mass is 16.5. The van der Waals surface area contributed by atoms with Gasteiger partial charge in [-0.15, -0.1) is 0 Å². The van der Waals surface area contributed by atoms with Gasteiger partial charge in [0.15, 0.2) is 0 Å². The first kappa shape index (κ1) is 14.3. The summed E-state index contributed by atoms with van der Waals surface area (Å²) in [5.74, 6) is 0.272. The lowest BCUT2D eigenvalue weighted by Crippen LogP contribution is -2.42. The highest BCUT2D eigenvalue weighted by Crippen LogP contribution is 2.28.